The molecule has 0 aliphatic carbocycles. The third-order valence-corrected chi connectivity index (χ3v) is 5.39. The van der Waals surface area contributed by atoms with Gasteiger partial charge in [0.1, 0.15) is 6.26 Å². The van der Waals surface area contributed by atoms with E-state index in [0.717, 1.165) is 22.3 Å². The molecule has 0 fully saturated rings. The Balaban J connectivity index is 1.63. The zero-order valence-corrected chi connectivity index (χ0v) is 16.0. The summed E-state index contributed by atoms with van der Waals surface area (Å²) < 4.78 is 20.0. The van der Waals surface area contributed by atoms with E-state index in [2.05, 4.69) is 15.2 Å². The minimum absolute atomic E-state index is 0.0890. The second-order valence-corrected chi connectivity index (χ2v) is 7.46. The number of aromatic nitrogens is 1. The van der Waals surface area contributed by atoms with Crippen LogP contribution in [0.1, 0.15) is 18.1 Å². The zero-order valence-electron chi connectivity index (χ0n) is 15.1. The van der Waals surface area contributed by atoms with E-state index in [1.807, 2.05) is 50.2 Å². The van der Waals surface area contributed by atoms with Crippen LogP contribution in [0.25, 0.3) is 11.1 Å². The summed E-state index contributed by atoms with van der Waals surface area (Å²) >= 11 is 0. The van der Waals surface area contributed by atoms with E-state index in [-0.39, 0.29) is 6.04 Å². The second-order valence-electron chi connectivity index (χ2n) is 6.28. The zero-order chi connectivity index (χ0) is 19.2. The van der Waals surface area contributed by atoms with E-state index in [9.17, 15) is 9.00 Å². The standard InChI is InChI=1S/C20H21N3O3S/c1-14(11-16-7-4-3-5-8-16)22-20(24)23-27(25)19-10-6-9-18(15(19)2)17-12-21-26-13-17/h3-10,12-14H,11H2,1-2H3,(H2,22,23,24). The normalized spacial score (nSPS) is 13.0. The minimum atomic E-state index is -1.67. The van der Waals surface area contributed by atoms with Gasteiger partial charge in [0, 0.05) is 11.6 Å². The molecule has 2 atom stereocenters. The highest BCUT2D eigenvalue weighted by molar-refractivity contribution is 7.83. The lowest BCUT2D eigenvalue weighted by molar-refractivity contribution is 0.243. The van der Waals surface area contributed by atoms with Crippen LogP contribution in [-0.4, -0.2) is 21.4 Å². The van der Waals surface area contributed by atoms with Crippen molar-refractivity contribution in [2.75, 3.05) is 0 Å². The molecule has 0 saturated heterocycles. The SMILES string of the molecule is Cc1c(-c2cnoc2)cccc1S(=O)NC(=O)NC(C)Cc1ccccc1. The summed E-state index contributed by atoms with van der Waals surface area (Å²) in [6, 6.07) is 14.8. The maximum Gasteiger partial charge on any atom is 0.327 e. The van der Waals surface area contributed by atoms with Gasteiger partial charge in [0.15, 0.2) is 11.0 Å². The fourth-order valence-electron chi connectivity index (χ4n) is 2.88. The summed E-state index contributed by atoms with van der Waals surface area (Å²) in [5, 5.41) is 6.52. The molecular formula is C20H21N3O3S. The van der Waals surface area contributed by atoms with E-state index in [4.69, 9.17) is 4.52 Å². The molecule has 140 valence electrons. The van der Waals surface area contributed by atoms with Gasteiger partial charge < -0.3 is 9.84 Å². The van der Waals surface area contributed by atoms with Crippen molar-refractivity contribution in [1.29, 1.82) is 0 Å². The Morgan fingerprint density at radius 1 is 1.19 bits per heavy atom. The molecule has 0 aliphatic heterocycles. The van der Waals surface area contributed by atoms with Crippen LogP contribution >= 0.6 is 0 Å². The summed E-state index contributed by atoms with van der Waals surface area (Å²) in [5.74, 6) is 0. The lowest BCUT2D eigenvalue weighted by Crippen LogP contribution is -2.42. The van der Waals surface area contributed by atoms with Crippen LogP contribution in [0.3, 0.4) is 0 Å². The Hall–Kier alpha value is -2.93. The molecule has 1 heterocycles. The highest BCUT2D eigenvalue weighted by Crippen LogP contribution is 2.26. The molecule has 6 nitrogen and oxygen atoms in total. The van der Waals surface area contributed by atoms with Crippen molar-refractivity contribution in [3.05, 3.63) is 72.1 Å². The summed E-state index contributed by atoms with van der Waals surface area (Å²) in [6.45, 7) is 3.76. The van der Waals surface area contributed by atoms with Gasteiger partial charge in [-0.3, -0.25) is 4.72 Å². The average molecular weight is 383 g/mol. The summed E-state index contributed by atoms with van der Waals surface area (Å²) in [6.07, 6.45) is 3.82. The van der Waals surface area contributed by atoms with Crippen molar-refractivity contribution in [1.82, 2.24) is 15.2 Å². The van der Waals surface area contributed by atoms with Gasteiger partial charge in [-0.1, -0.05) is 47.6 Å². The van der Waals surface area contributed by atoms with Crippen molar-refractivity contribution in [2.24, 2.45) is 0 Å². The molecule has 2 aromatic carbocycles. The van der Waals surface area contributed by atoms with Crippen molar-refractivity contribution in [3.8, 4) is 11.1 Å². The highest BCUT2D eigenvalue weighted by atomic mass is 32.2. The molecule has 2 amide bonds. The third kappa shape index (κ3) is 4.83. The predicted octanol–water partition coefficient (Wildman–Crippen LogP) is 3.60. The van der Waals surface area contributed by atoms with E-state index in [0.29, 0.717) is 11.3 Å². The van der Waals surface area contributed by atoms with Gasteiger partial charge in [-0.25, -0.2) is 9.00 Å². The fourth-order valence-corrected chi connectivity index (χ4v) is 3.80. The molecule has 27 heavy (non-hydrogen) atoms. The van der Waals surface area contributed by atoms with E-state index < -0.39 is 17.0 Å². The van der Waals surface area contributed by atoms with E-state index in [1.165, 1.54) is 6.26 Å². The van der Waals surface area contributed by atoms with Crippen LogP contribution in [0, 0.1) is 6.92 Å². The van der Waals surface area contributed by atoms with E-state index in [1.54, 1.807) is 18.3 Å². The Morgan fingerprint density at radius 2 is 1.96 bits per heavy atom. The van der Waals surface area contributed by atoms with Crippen LogP contribution in [0.5, 0.6) is 0 Å². The number of hydrogen-bond acceptors (Lipinski definition) is 4. The largest absolute Gasteiger partial charge is 0.364 e. The predicted molar refractivity (Wildman–Crippen MR) is 104 cm³/mol. The molecule has 0 spiro atoms. The molecule has 3 rings (SSSR count). The molecule has 0 bridgehead atoms. The van der Waals surface area contributed by atoms with Gasteiger partial charge >= 0.3 is 6.03 Å². The smallest absolute Gasteiger partial charge is 0.327 e. The Bertz CT molecular complexity index is 927. The van der Waals surface area contributed by atoms with Crippen LogP contribution in [0.4, 0.5) is 4.79 Å². The number of urea groups is 1. The lowest BCUT2D eigenvalue weighted by atomic mass is 10.0. The molecule has 7 heteroatoms. The molecule has 3 aromatic rings. The number of carbonyl (C=O) groups excluding carboxylic acids is 1. The molecule has 1 aromatic heterocycles. The van der Waals surface area contributed by atoms with Crippen molar-refractivity contribution in [2.45, 2.75) is 31.2 Å². The third-order valence-electron chi connectivity index (χ3n) is 4.17. The van der Waals surface area contributed by atoms with Gasteiger partial charge in [0.05, 0.1) is 11.1 Å². The lowest BCUT2D eigenvalue weighted by Gasteiger charge is -2.15. The maximum atomic E-state index is 12.6. The summed E-state index contributed by atoms with van der Waals surface area (Å²) in [5.41, 5.74) is 3.59. The van der Waals surface area contributed by atoms with Crippen LogP contribution in [-0.2, 0) is 17.4 Å². The average Bonchev–Trinajstić information content (AvgIpc) is 3.16. The molecule has 2 unspecified atom stereocenters. The molecule has 0 aliphatic rings. The monoisotopic (exact) mass is 383 g/mol. The first kappa shape index (κ1) is 18.8. The quantitative estimate of drug-likeness (QED) is 0.681. The number of carbonyl (C=O) groups is 1. The highest BCUT2D eigenvalue weighted by Gasteiger charge is 2.16. The van der Waals surface area contributed by atoms with Gasteiger partial charge in [0.2, 0.25) is 0 Å². The molecular weight excluding hydrogens is 362 g/mol. The first-order chi connectivity index (χ1) is 13.0. The number of rotatable bonds is 6. The number of benzene rings is 2. The molecule has 2 N–H and O–H groups in total. The Morgan fingerprint density at radius 3 is 2.67 bits per heavy atom. The van der Waals surface area contributed by atoms with Crippen LogP contribution in [0.2, 0.25) is 0 Å². The van der Waals surface area contributed by atoms with Crippen LogP contribution < -0.4 is 10.0 Å². The van der Waals surface area contributed by atoms with Crippen molar-refractivity contribution in [3.63, 3.8) is 0 Å². The van der Waals surface area contributed by atoms with E-state index >= 15 is 0 Å². The first-order valence-electron chi connectivity index (χ1n) is 8.57. The number of hydrogen-bond donors (Lipinski definition) is 2. The van der Waals surface area contributed by atoms with Crippen molar-refractivity contribution < 1.29 is 13.5 Å². The summed E-state index contributed by atoms with van der Waals surface area (Å²) in [7, 11) is -1.67. The second kappa shape index (κ2) is 8.64. The maximum absolute atomic E-state index is 12.6. The summed E-state index contributed by atoms with van der Waals surface area (Å²) in [4.78, 5) is 12.8. The van der Waals surface area contributed by atoms with Gasteiger partial charge in [0.25, 0.3) is 0 Å². The topological polar surface area (TPSA) is 84.2 Å². The van der Waals surface area contributed by atoms with Gasteiger partial charge in [-0.2, -0.15) is 0 Å². The van der Waals surface area contributed by atoms with Gasteiger partial charge in [-0.05, 0) is 43.0 Å². The number of nitrogens with zero attached hydrogens (tertiary/aromatic N) is 1. The Labute approximate surface area is 160 Å². The first-order valence-corrected chi connectivity index (χ1v) is 9.72. The number of nitrogens with one attached hydrogen (secondary N) is 2. The van der Waals surface area contributed by atoms with Crippen molar-refractivity contribution >= 4 is 17.0 Å². The Kier molecular flexibility index (Phi) is 6.03. The molecule has 0 saturated carbocycles. The molecule has 0 radical (unpaired) electrons. The fraction of sp³-hybridized carbons (Fsp3) is 0.200. The van der Waals surface area contributed by atoms with Crippen LogP contribution in [0.15, 0.2) is 70.4 Å². The van der Waals surface area contributed by atoms with Gasteiger partial charge in [-0.15, -0.1) is 0 Å². The minimum Gasteiger partial charge on any atom is -0.364 e. The number of amides is 2.